The summed E-state index contributed by atoms with van der Waals surface area (Å²) in [4.78, 5) is 20.1. The number of halogens is 4. The summed E-state index contributed by atoms with van der Waals surface area (Å²) < 4.78 is 38.5. The maximum absolute atomic E-state index is 12.7. The van der Waals surface area contributed by atoms with Crippen LogP contribution in [0.4, 0.5) is 19.0 Å². The molecule has 1 fully saturated rings. The molecule has 1 unspecified atom stereocenters. The zero-order valence-corrected chi connectivity index (χ0v) is 16.0. The number of carbonyl (C=O) groups is 1. The lowest BCUT2D eigenvalue weighted by Crippen LogP contribution is -2.54. The predicted octanol–water partition coefficient (Wildman–Crippen LogP) is 2.90. The molecule has 1 aromatic rings. The Morgan fingerprint density at radius 1 is 1.24 bits per heavy atom. The Morgan fingerprint density at radius 3 is 2.32 bits per heavy atom. The van der Waals surface area contributed by atoms with Crippen molar-refractivity contribution < 1.29 is 18.0 Å². The summed E-state index contributed by atoms with van der Waals surface area (Å²) >= 11 is 3.19. The second-order valence-electron chi connectivity index (χ2n) is 6.39. The molecule has 0 bridgehead atoms. The summed E-state index contributed by atoms with van der Waals surface area (Å²) in [6.45, 7) is 8.16. The molecule has 1 saturated heterocycles. The van der Waals surface area contributed by atoms with Crippen molar-refractivity contribution in [3.05, 3.63) is 22.3 Å². The number of hydrogen-bond acceptors (Lipinski definition) is 4. The first-order valence-corrected chi connectivity index (χ1v) is 8.91. The van der Waals surface area contributed by atoms with Crippen molar-refractivity contribution >= 4 is 27.7 Å². The quantitative estimate of drug-likeness (QED) is 0.810. The largest absolute Gasteiger partial charge is 0.417 e. The molecule has 0 spiro atoms. The number of alkyl halides is 3. The molecule has 0 saturated carbocycles. The SMILES string of the molecule is CC(C)NC(=O)C(C)N1CCN(c2ncc(C(F)(F)F)cc2Br)CC1. The van der Waals surface area contributed by atoms with Gasteiger partial charge in [0.1, 0.15) is 5.82 Å². The molecule has 1 aliphatic rings. The Balaban J connectivity index is 1.99. The van der Waals surface area contributed by atoms with Gasteiger partial charge in [-0.05, 0) is 42.8 Å². The fourth-order valence-electron chi connectivity index (χ4n) is 2.71. The van der Waals surface area contributed by atoms with Gasteiger partial charge in [-0.15, -0.1) is 0 Å². The molecular formula is C16H22BrF3N4O. The fraction of sp³-hybridized carbons (Fsp3) is 0.625. The van der Waals surface area contributed by atoms with Gasteiger partial charge in [-0.2, -0.15) is 13.2 Å². The number of rotatable bonds is 4. The number of nitrogens with zero attached hydrogens (tertiary/aromatic N) is 3. The van der Waals surface area contributed by atoms with Crippen LogP contribution in [-0.4, -0.2) is 54.1 Å². The number of nitrogens with one attached hydrogen (secondary N) is 1. The number of aromatic nitrogens is 1. The minimum absolute atomic E-state index is 0.0164. The van der Waals surface area contributed by atoms with Crippen LogP contribution in [0.1, 0.15) is 26.3 Å². The fourth-order valence-corrected chi connectivity index (χ4v) is 3.31. The van der Waals surface area contributed by atoms with Crippen LogP contribution in [0, 0.1) is 0 Å². The van der Waals surface area contributed by atoms with Gasteiger partial charge in [0.05, 0.1) is 16.1 Å². The van der Waals surface area contributed by atoms with Gasteiger partial charge in [-0.25, -0.2) is 4.98 Å². The lowest BCUT2D eigenvalue weighted by molar-refractivity contribution is -0.137. The molecule has 0 aromatic carbocycles. The third-order valence-electron chi connectivity index (χ3n) is 4.12. The molecule has 140 valence electrons. The van der Waals surface area contributed by atoms with Crippen molar-refractivity contribution in [1.82, 2.24) is 15.2 Å². The van der Waals surface area contributed by atoms with Gasteiger partial charge in [0, 0.05) is 38.4 Å². The highest BCUT2D eigenvalue weighted by molar-refractivity contribution is 9.10. The Hall–Kier alpha value is -1.35. The molecule has 2 heterocycles. The van der Waals surface area contributed by atoms with E-state index in [1.165, 1.54) is 0 Å². The number of carbonyl (C=O) groups excluding carboxylic acids is 1. The molecule has 1 aliphatic heterocycles. The summed E-state index contributed by atoms with van der Waals surface area (Å²) in [5.41, 5.74) is -0.777. The number of anilines is 1. The second-order valence-corrected chi connectivity index (χ2v) is 7.24. The normalized spacial score (nSPS) is 17.7. The minimum Gasteiger partial charge on any atom is -0.353 e. The molecule has 5 nitrogen and oxygen atoms in total. The molecule has 1 atom stereocenters. The zero-order chi connectivity index (χ0) is 18.8. The predicted molar refractivity (Wildman–Crippen MR) is 93.5 cm³/mol. The van der Waals surface area contributed by atoms with Gasteiger partial charge >= 0.3 is 6.18 Å². The van der Waals surface area contributed by atoms with Gasteiger partial charge in [0.25, 0.3) is 0 Å². The summed E-state index contributed by atoms with van der Waals surface area (Å²) in [7, 11) is 0. The monoisotopic (exact) mass is 422 g/mol. The average molecular weight is 423 g/mol. The van der Waals surface area contributed by atoms with Crippen LogP contribution >= 0.6 is 15.9 Å². The maximum atomic E-state index is 12.7. The van der Waals surface area contributed by atoms with Crippen LogP contribution in [0.3, 0.4) is 0 Å². The lowest BCUT2D eigenvalue weighted by Gasteiger charge is -2.38. The number of pyridine rings is 1. The van der Waals surface area contributed by atoms with Crippen LogP contribution in [0.2, 0.25) is 0 Å². The molecule has 1 aromatic heterocycles. The molecule has 0 aliphatic carbocycles. The minimum atomic E-state index is -4.41. The molecular weight excluding hydrogens is 401 g/mol. The highest BCUT2D eigenvalue weighted by Crippen LogP contribution is 2.33. The van der Waals surface area contributed by atoms with Crippen LogP contribution in [-0.2, 0) is 11.0 Å². The number of hydrogen-bond donors (Lipinski definition) is 1. The van der Waals surface area contributed by atoms with Crippen molar-refractivity contribution in [2.75, 3.05) is 31.1 Å². The summed E-state index contributed by atoms with van der Waals surface area (Å²) in [5.74, 6) is 0.476. The van der Waals surface area contributed by atoms with E-state index in [-0.39, 0.29) is 18.0 Å². The van der Waals surface area contributed by atoms with E-state index in [2.05, 4.69) is 31.1 Å². The zero-order valence-electron chi connectivity index (χ0n) is 14.4. The van der Waals surface area contributed by atoms with Crippen molar-refractivity contribution in [3.63, 3.8) is 0 Å². The van der Waals surface area contributed by atoms with E-state index < -0.39 is 11.7 Å². The number of amides is 1. The highest BCUT2D eigenvalue weighted by Gasteiger charge is 2.32. The van der Waals surface area contributed by atoms with E-state index in [9.17, 15) is 18.0 Å². The van der Waals surface area contributed by atoms with Crippen molar-refractivity contribution in [1.29, 1.82) is 0 Å². The van der Waals surface area contributed by atoms with Crippen molar-refractivity contribution in [3.8, 4) is 0 Å². The van der Waals surface area contributed by atoms with Gasteiger partial charge in [-0.3, -0.25) is 9.69 Å². The Kier molecular flexibility index (Phi) is 6.31. The Bertz CT molecular complexity index is 616. The van der Waals surface area contributed by atoms with Crippen LogP contribution < -0.4 is 10.2 Å². The van der Waals surface area contributed by atoms with Crippen LogP contribution in [0.25, 0.3) is 0 Å². The van der Waals surface area contributed by atoms with Gasteiger partial charge in [0.15, 0.2) is 0 Å². The molecule has 2 rings (SSSR count). The summed E-state index contributed by atoms with van der Waals surface area (Å²) in [5, 5.41) is 2.89. The Labute approximate surface area is 153 Å². The van der Waals surface area contributed by atoms with E-state index in [0.29, 0.717) is 36.5 Å². The van der Waals surface area contributed by atoms with Crippen molar-refractivity contribution in [2.24, 2.45) is 0 Å². The molecule has 9 heteroatoms. The van der Waals surface area contributed by atoms with Gasteiger partial charge in [0.2, 0.25) is 5.91 Å². The van der Waals surface area contributed by atoms with E-state index in [4.69, 9.17) is 0 Å². The second kappa shape index (κ2) is 7.90. The topological polar surface area (TPSA) is 48.5 Å². The lowest BCUT2D eigenvalue weighted by atomic mass is 10.2. The summed E-state index contributed by atoms with van der Waals surface area (Å²) in [6.07, 6.45) is -3.56. The molecule has 0 radical (unpaired) electrons. The van der Waals surface area contributed by atoms with E-state index in [1.54, 1.807) is 0 Å². The molecule has 1 amide bonds. The highest BCUT2D eigenvalue weighted by atomic mass is 79.9. The van der Waals surface area contributed by atoms with Gasteiger partial charge in [-0.1, -0.05) is 0 Å². The average Bonchev–Trinajstić information content (AvgIpc) is 2.53. The van der Waals surface area contributed by atoms with E-state index >= 15 is 0 Å². The Morgan fingerprint density at radius 2 is 1.84 bits per heavy atom. The van der Waals surface area contributed by atoms with Crippen LogP contribution in [0.5, 0.6) is 0 Å². The number of piperazine rings is 1. The summed E-state index contributed by atoms with van der Waals surface area (Å²) in [6, 6.07) is 0.894. The third kappa shape index (κ3) is 5.07. The first kappa shape index (κ1) is 20.0. The van der Waals surface area contributed by atoms with Gasteiger partial charge < -0.3 is 10.2 Å². The van der Waals surface area contributed by atoms with E-state index in [0.717, 1.165) is 12.3 Å². The molecule has 25 heavy (non-hydrogen) atoms. The maximum Gasteiger partial charge on any atom is 0.417 e. The first-order chi connectivity index (χ1) is 11.6. The third-order valence-corrected chi connectivity index (χ3v) is 4.70. The van der Waals surface area contributed by atoms with E-state index in [1.807, 2.05) is 25.7 Å². The van der Waals surface area contributed by atoms with Crippen molar-refractivity contribution in [2.45, 2.75) is 39.0 Å². The van der Waals surface area contributed by atoms with Crippen LogP contribution in [0.15, 0.2) is 16.7 Å². The first-order valence-electron chi connectivity index (χ1n) is 8.11. The standard InChI is InChI=1S/C16H22BrF3N4O/c1-10(2)22-15(25)11(3)23-4-6-24(7-5-23)14-13(17)8-12(9-21-14)16(18,19)20/h8-11H,4-7H2,1-3H3,(H,22,25). The molecule has 1 N–H and O–H groups in total. The smallest absolute Gasteiger partial charge is 0.353 e.